The average Bonchev–Trinajstić information content (AvgIpc) is 3.04. The number of carbonyl (C=O) groups is 1. The summed E-state index contributed by atoms with van der Waals surface area (Å²) in [5.74, 6) is 0.397. The van der Waals surface area contributed by atoms with Crippen molar-refractivity contribution in [2.75, 3.05) is 5.32 Å². The molecule has 3 nitrogen and oxygen atoms in total. The molecule has 0 spiro atoms. The fourth-order valence-electron chi connectivity index (χ4n) is 3.17. The van der Waals surface area contributed by atoms with Gasteiger partial charge in [0, 0.05) is 28.6 Å². The van der Waals surface area contributed by atoms with Gasteiger partial charge in [-0.2, -0.15) is 0 Å². The van der Waals surface area contributed by atoms with Crippen LogP contribution >= 0.6 is 11.3 Å². The molecule has 1 amide bonds. The van der Waals surface area contributed by atoms with Crippen molar-refractivity contribution in [3.8, 4) is 10.4 Å². The molecule has 1 heterocycles. The molecule has 0 saturated heterocycles. The first-order valence-corrected chi connectivity index (χ1v) is 8.80. The third-order valence-corrected chi connectivity index (χ3v) is 5.31. The maximum absolute atomic E-state index is 12.4. The molecule has 1 aromatic heterocycles. The van der Waals surface area contributed by atoms with Crippen LogP contribution in [0.3, 0.4) is 0 Å². The highest BCUT2D eigenvalue weighted by molar-refractivity contribution is 7.13. The summed E-state index contributed by atoms with van der Waals surface area (Å²) in [4.78, 5) is 13.6. The van der Waals surface area contributed by atoms with Crippen molar-refractivity contribution < 1.29 is 4.79 Å². The zero-order valence-corrected chi connectivity index (χ0v) is 13.4. The lowest BCUT2D eigenvalue weighted by Crippen LogP contribution is -2.35. The monoisotopic (exact) mass is 314 g/mol. The number of nitrogens with one attached hydrogen (secondary N) is 1. The Morgan fingerprint density at radius 1 is 1.18 bits per heavy atom. The zero-order valence-electron chi connectivity index (χ0n) is 12.6. The quantitative estimate of drug-likeness (QED) is 0.886. The van der Waals surface area contributed by atoms with E-state index in [0.29, 0.717) is 12.3 Å². The van der Waals surface area contributed by atoms with Crippen molar-refractivity contribution >= 4 is 22.9 Å². The molecule has 4 heteroatoms. The predicted molar refractivity (Wildman–Crippen MR) is 92.9 cm³/mol. The van der Waals surface area contributed by atoms with E-state index in [9.17, 15) is 4.79 Å². The first kappa shape index (κ1) is 15.3. The second kappa shape index (κ2) is 7.07. The molecule has 2 aromatic rings. The molecule has 1 saturated carbocycles. The van der Waals surface area contributed by atoms with Crippen molar-refractivity contribution in [1.29, 1.82) is 0 Å². The minimum Gasteiger partial charge on any atom is -0.327 e. The van der Waals surface area contributed by atoms with Crippen LogP contribution in [0.1, 0.15) is 32.1 Å². The Morgan fingerprint density at radius 2 is 2.00 bits per heavy atom. The maximum atomic E-state index is 12.4. The standard InChI is InChI=1S/C18H22N2OS/c19-15-8-3-1-6-13(15)12-18(21)20-16-9-4-2-7-14(16)17-10-5-11-22-17/h2,4-5,7,9-11,13,15H,1,3,6,8,12,19H2,(H,20,21). The van der Waals surface area contributed by atoms with Gasteiger partial charge < -0.3 is 11.1 Å². The van der Waals surface area contributed by atoms with Gasteiger partial charge in [-0.05, 0) is 36.3 Å². The van der Waals surface area contributed by atoms with E-state index in [4.69, 9.17) is 5.73 Å². The molecule has 1 aromatic carbocycles. The molecule has 2 unspecified atom stereocenters. The van der Waals surface area contributed by atoms with Crippen molar-refractivity contribution in [2.24, 2.45) is 11.7 Å². The number of carbonyl (C=O) groups excluding carboxylic acids is 1. The van der Waals surface area contributed by atoms with Crippen LogP contribution in [-0.4, -0.2) is 11.9 Å². The number of benzene rings is 1. The molecule has 1 aliphatic carbocycles. The van der Waals surface area contributed by atoms with Gasteiger partial charge in [0.15, 0.2) is 0 Å². The number of hydrogen-bond acceptors (Lipinski definition) is 3. The molecule has 3 N–H and O–H groups in total. The van der Waals surface area contributed by atoms with E-state index in [-0.39, 0.29) is 11.9 Å². The van der Waals surface area contributed by atoms with Crippen molar-refractivity contribution in [3.63, 3.8) is 0 Å². The molecular formula is C18H22N2OS. The van der Waals surface area contributed by atoms with Gasteiger partial charge in [0.2, 0.25) is 5.91 Å². The number of nitrogens with two attached hydrogens (primary N) is 1. The molecule has 0 radical (unpaired) electrons. The van der Waals surface area contributed by atoms with Gasteiger partial charge in [-0.25, -0.2) is 0 Å². The highest BCUT2D eigenvalue weighted by Crippen LogP contribution is 2.32. The third kappa shape index (κ3) is 3.57. The Kier molecular flexibility index (Phi) is 4.90. The van der Waals surface area contributed by atoms with Gasteiger partial charge in [-0.3, -0.25) is 4.79 Å². The van der Waals surface area contributed by atoms with Crippen LogP contribution in [0.15, 0.2) is 41.8 Å². The second-order valence-electron chi connectivity index (χ2n) is 5.98. The normalized spacial score (nSPS) is 21.5. The van der Waals surface area contributed by atoms with Crippen LogP contribution in [0.2, 0.25) is 0 Å². The topological polar surface area (TPSA) is 55.1 Å². The van der Waals surface area contributed by atoms with Gasteiger partial charge in [-0.15, -0.1) is 11.3 Å². The van der Waals surface area contributed by atoms with E-state index in [2.05, 4.69) is 16.8 Å². The van der Waals surface area contributed by atoms with Crippen LogP contribution in [0.4, 0.5) is 5.69 Å². The number of amides is 1. The molecule has 116 valence electrons. The molecule has 0 bridgehead atoms. The molecule has 2 atom stereocenters. The third-order valence-electron chi connectivity index (χ3n) is 4.40. The first-order valence-electron chi connectivity index (χ1n) is 7.92. The summed E-state index contributed by atoms with van der Waals surface area (Å²) in [5.41, 5.74) is 8.12. The molecule has 3 rings (SSSR count). The summed E-state index contributed by atoms with van der Waals surface area (Å²) in [6.45, 7) is 0. The smallest absolute Gasteiger partial charge is 0.224 e. The lowest BCUT2D eigenvalue weighted by molar-refractivity contribution is -0.117. The van der Waals surface area contributed by atoms with Gasteiger partial charge in [-0.1, -0.05) is 37.1 Å². The van der Waals surface area contributed by atoms with Gasteiger partial charge in [0.1, 0.15) is 0 Å². The number of thiophene rings is 1. The summed E-state index contributed by atoms with van der Waals surface area (Å²) in [6.07, 6.45) is 5.03. The van der Waals surface area contributed by atoms with E-state index in [1.165, 1.54) is 17.7 Å². The summed E-state index contributed by atoms with van der Waals surface area (Å²) in [7, 11) is 0. The van der Waals surface area contributed by atoms with Gasteiger partial charge >= 0.3 is 0 Å². The number of anilines is 1. The summed E-state index contributed by atoms with van der Waals surface area (Å²) in [5, 5.41) is 5.13. The largest absolute Gasteiger partial charge is 0.327 e. The van der Waals surface area contributed by atoms with E-state index in [1.807, 2.05) is 30.3 Å². The van der Waals surface area contributed by atoms with Crippen molar-refractivity contribution in [3.05, 3.63) is 41.8 Å². The highest BCUT2D eigenvalue weighted by atomic mass is 32.1. The lowest BCUT2D eigenvalue weighted by Gasteiger charge is -2.28. The lowest BCUT2D eigenvalue weighted by atomic mass is 9.83. The molecular weight excluding hydrogens is 292 g/mol. The van der Waals surface area contributed by atoms with Crippen LogP contribution in [0.5, 0.6) is 0 Å². The average molecular weight is 314 g/mol. The fourth-order valence-corrected chi connectivity index (χ4v) is 3.93. The van der Waals surface area contributed by atoms with E-state index in [0.717, 1.165) is 24.1 Å². The van der Waals surface area contributed by atoms with Gasteiger partial charge in [0.05, 0.1) is 0 Å². The summed E-state index contributed by atoms with van der Waals surface area (Å²) in [6, 6.07) is 12.3. The highest BCUT2D eigenvalue weighted by Gasteiger charge is 2.24. The second-order valence-corrected chi connectivity index (χ2v) is 6.93. The molecule has 22 heavy (non-hydrogen) atoms. The van der Waals surface area contributed by atoms with E-state index < -0.39 is 0 Å². The van der Waals surface area contributed by atoms with Crippen LogP contribution in [0, 0.1) is 5.92 Å². The number of rotatable bonds is 4. The molecule has 1 aliphatic rings. The first-order chi connectivity index (χ1) is 10.7. The predicted octanol–water partition coefficient (Wildman–Crippen LogP) is 4.26. The van der Waals surface area contributed by atoms with Crippen LogP contribution in [0.25, 0.3) is 10.4 Å². The Hall–Kier alpha value is -1.65. The minimum absolute atomic E-state index is 0.0753. The summed E-state index contributed by atoms with van der Waals surface area (Å²) >= 11 is 1.68. The number of para-hydroxylation sites is 1. The van der Waals surface area contributed by atoms with Crippen LogP contribution < -0.4 is 11.1 Å². The Balaban J connectivity index is 1.69. The van der Waals surface area contributed by atoms with Crippen LogP contribution in [-0.2, 0) is 4.79 Å². The maximum Gasteiger partial charge on any atom is 0.224 e. The zero-order chi connectivity index (χ0) is 15.4. The SMILES string of the molecule is NC1CCCCC1CC(=O)Nc1ccccc1-c1cccs1. The van der Waals surface area contributed by atoms with Gasteiger partial charge in [0.25, 0.3) is 0 Å². The summed E-state index contributed by atoms with van der Waals surface area (Å²) < 4.78 is 0. The Labute approximate surface area is 135 Å². The Morgan fingerprint density at radius 3 is 2.77 bits per heavy atom. The Bertz CT molecular complexity index is 624. The number of hydrogen-bond donors (Lipinski definition) is 2. The van der Waals surface area contributed by atoms with E-state index >= 15 is 0 Å². The minimum atomic E-state index is 0.0753. The van der Waals surface area contributed by atoms with Crippen molar-refractivity contribution in [1.82, 2.24) is 0 Å². The van der Waals surface area contributed by atoms with Crippen molar-refractivity contribution in [2.45, 2.75) is 38.1 Å². The molecule has 1 fully saturated rings. The fraction of sp³-hybridized carbons (Fsp3) is 0.389. The van der Waals surface area contributed by atoms with E-state index in [1.54, 1.807) is 11.3 Å². The molecule has 0 aliphatic heterocycles.